The molecule has 2 N–H and O–H groups in total. The van der Waals surface area contributed by atoms with E-state index in [-0.39, 0.29) is 23.4 Å². The van der Waals surface area contributed by atoms with Gasteiger partial charge in [0.2, 0.25) is 5.91 Å². The van der Waals surface area contributed by atoms with Crippen LogP contribution in [0, 0.1) is 5.41 Å². The third kappa shape index (κ3) is 4.49. The summed E-state index contributed by atoms with van der Waals surface area (Å²) < 4.78 is 8.88. The number of piperidine rings is 1. The van der Waals surface area contributed by atoms with E-state index in [2.05, 4.69) is 4.98 Å². The van der Waals surface area contributed by atoms with E-state index in [0.717, 1.165) is 31.2 Å². The van der Waals surface area contributed by atoms with Gasteiger partial charge in [0.15, 0.2) is 5.65 Å². The van der Waals surface area contributed by atoms with E-state index < -0.39 is 23.3 Å². The Morgan fingerprint density at radius 1 is 1.10 bits per heavy atom. The number of halogens is 1. The van der Waals surface area contributed by atoms with Crippen molar-refractivity contribution in [2.75, 3.05) is 26.3 Å². The van der Waals surface area contributed by atoms with Crippen molar-refractivity contribution >= 4 is 34.6 Å². The number of likely N-dealkylation sites (tertiary alicyclic amines) is 1. The quantitative estimate of drug-likeness (QED) is 0.461. The Kier molecular flexibility index (Phi) is 6.24. The number of hydrogen-bond acceptors (Lipinski definition) is 6. The standard InChI is InChI=1S/C30H34ClN5O6/c1-28(6-7-28)26(38)33-12-10-30(41,11-13-33)16-34-18-32-24-21(25(34)37)14-23(31)35(24)20-4-2-19(3-5-20)22-15-42-17-29(8-9-29)36(22)27(39)40/h2-5,14,18,22,41H,6-13,15-17H2,1H3,(H,39,40). The minimum atomic E-state index is -1.12. The van der Waals surface area contributed by atoms with Crippen LogP contribution in [0.4, 0.5) is 4.79 Å². The molecule has 7 rings (SSSR count). The molecule has 1 unspecified atom stereocenters. The highest BCUT2D eigenvalue weighted by molar-refractivity contribution is 6.31. The first kappa shape index (κ1) is 27.4. The van der Waals surface area contributed by atoms with Gasteiger partial charge in [-0.05, 0) is 62.3 Å². The number of ether oxygens (including phenoxy) is 1. The maximum atomic E-state index is 13.5. The third-order valence-electron chi connectivity index (χ3n) is 9.74. The Hall–Kier alpha value is -3.41. The molecular weight excluding hydrogens is 562 g/mol. The van der Waals surface area contributed by atoms with Gasteiger partial charge in [-0.2, -0.15) is 0 Å². The van der Waals surface area contributed by atoms with Crippen molar-refractivity contribution in [2.24, 2.45) is 5.41 Å². The fourth-order valence-electron chi connectivity index (χ4n) is 6.62. The maximum Gasteiger partial charge on any atom is 0.408 e. The topological polar surface area (TPSA) is 130 Å². The number of carboxylic acid groups (broad SMARTS) is 1. The molecule has 2 aliphatic heterocycles. The summed E-state index contributed by atoms with van der Waals surface area (Å²) in [5.74, 6) is 0.159. The van der Waals surface area contributed by atoms with Crippen molar-refractivity contribution in [2.45, 2.75) is 69.2 Å². The molecule has 0 bridgehead atoms. The van der Waals surface area contributed by atoms with Gasteiger partial charge in [0.25, 0.3) is 5.56 Å². The molecule has 2 aromatic heterocycles. The largest absolute Gasteiger partial charge is 0.465 e. The highest BCUT2D eigenvalue weighted by atomic mass is 35.5. The second kappa shape index (κ2) is 9.55. The van der Waals surface area contributed by atoms with Crippen LogP contribution in [-0.2, 0) is 16.1 Å². The van der Waals surface area contributed by atoms with Gasteiger partial charge in [0.05, 0.1) is 42.3 Å². The van der Waals surface area contributed by atoms with Crippen molar-refractivity contribution in [3.63, 3.8) is 0 Å². The van der Waals surface area contributed by atoms with Gasteiger partial charge >= 0.3 is 6.09 Å². The number of benzene rings is 1. The van der Waals surface area contributed by atoms with Crippen LogP contribution in [0.3, 0.4) is 0 Å². The summed E-state index contributed by atoms with van der Waals surface area (Å²) >= 11 is 6.61. The fourth-order valence-corrected chi connectivity index (χ4v) is 6.91. The lowest BCUT2D eigenvalue weighted by Gasteiger charge is -2.41. The number of amides is 2. The van der Waals surface area contributed by atoms with E-state index in [0.29, 0.717) is 61.0 Å². The lowest BCUT2D eigenvalue weighted by molar-refractivity contribution is -0.141. The molecule has 2 saturated carbocycles. The molecule has 1 spiro atoms. The second-order valence-electron chi connectivity index (χ2n) is 12.8. The molecule has 42 heavy (non-hydrogen) atoms. The van der Waals surface area contributed by atoms with Gasteiger partial charge in [-0.1, -0.05) is 30.7 Å². The van der Waals surface area contributed by atoms with Gasteiger partial charge in [-0.3, -0.25) is 23.6 Å². The first-order valence-electron chi connectivity index (χ1n) is 14.5. The summed E-state index contributed by atoms with van der Waals surface area (Å²) in [6, 6.07) is 8.57. The first-order chi connectivity index (χ1) is 20.0. The molecule has 2 saturated heterocycles. The number of fused-ring (bicyclic) bond motifs is 1. The van der Waals surface area contributed by atoms with Gasteiger partial charge in [-0.25, -0.2) is 9.78 Å². The summed E-state index contributed by atoms with van der Waals surface area (Å²) in [6.45, 7) is 3.72. The van der Waals surface area contributed by atoms with Crippen LogP contribution in [0.15, 0.2) is 41.5 Å². The molecule has 2 amide bonds. The zero-order chi connectivity index (χ0) is 29.4. The molecule has 12 heteroatoms. The summed E-state index contributed by atoms with van der Waals surface area (Å²) in [5.41, 5.74) is -0.186. The summed E-state index contributed by atoms with van der Waals surface area (Å²) in [5, 5.41) is 21.9. The number of carbonyl (C=O) groups excluding carboxylic acids is 1. The van der Waals surface area contributed by atoms with Crippen molar-refractivity contribution < 1.29 is 24.5 Å². The number of carbonyl (C=O) groups is 2. The van der Waals surface area contributed by atoms with Crippen LogP contribution in [0.2, 0.25) is 5.15 Å². The molecule has 1 aromatic carbocycles. The van der Waals surface area contributed by atoms with Crippen LogP contribution < -0.4 is 5.56 Å². The minimum absolute atomic E-state index is 0.0800. The predicted molar refractivity (Wildman–Crippen MR) is 154 cm³/mol. The van der Waals surface area contributed by atoms with E-state index in [4.69, 9.17) is 16.3 Å². The van der Waals surface area contributed by atoms with Crippen molar-refractivity contribution in [1.29, 1.82) is 0 Å². The minimum Gasteiger partial charge on any atom is -0.465 e. The Bertz CT molecular complexity index is 1630. The fraction of sp³-hybridized carbons (Fsp3) is 0.533. The molecule has 4 aliphatic rings. The number of morpholine rings is 1. The number of rotatable bonds is 5. The van der Waals surface area contributed by atoms with Gasteiger partial charge < -0.3 is 19.8 Å². The molecule has 4 heterocycles. The van der Waals surface area contributed by atoms with Crippen molar-refractivity contribution in [3.05, 3.63) is 57.7 Å². The maximum absolute atomic E-state index is 13.5. The van der Waals surface area contributed by atoms with Crippen molar-refractivity contribution in [1.82, 2.24) is 23.9 Å². The first-order valence-corrected chi connectivity index (χ1v) is 14.9. The van der Waals surface area contributed by atoms with E-state index in [1.54, 1.807) is 10.6 Å². The molecule has 11 nitrogen and oxygen atoms in total. The number of aromatic nitrogens is 3. The van der Waals surface area contributed by atoms with Crippen LogP contribution in [-0.4, -0.2) is 83.6 Å². The number of nitrogens with zero attached hydrogens (tertiary/aromatic N) is 5. The number of hydrogen-bond donors (Lipinski definition) is 2. The molecular formula is C30H34ClN5O6. The lowest BCUT2D eigenvalue weighted by atomic mass is 9.90. The Labute approximate surface area is 247 Å². The highest BCUT2D eigenvalue weighted by Crippen LogP contribution is 2.49. The third-order valence-corrected chi connectivity index (χ3v) is 10.0. The van der Waals surface area contributed by atoms with Gasteiger partial charge in [0.1, 0.15) is 11.5 Å². The number of aliphatic hydroxyl groups is 1. The van der Waals surface area contributed by atoms with Gasteiger partial charge in [0, 0.05) is 24.2 Å². The Balaban J connectivity index is 1.11. The molecule has 2 aliphatic carbocycles. The van der Waals surface area contributed by atoms with E-state index in [1.807, 2.05) is 36.1 Å². The van der Waals surface area contributed by atoms with E-state index in [1.165, 1.54) is 15.8 Å². The van der Waals surface area contributed by atoms with Crippen LogP contribution >= 0.6 is 11.6 Å². The van der Waals surface area contributed by atoms with Crippen LogP contribution in [0.25, 0.3) is 16.7 Å². The Morgan fingerprint density at radius 2 is 1.79 bits per heavy atom. The van der Waals surface area contributed by atoms with Gasteiger partial charge in [-0.15, -0.1) is 0 Å². The average molecular weight is 596 g/mol. The predicted octanol–water partition coefficient (Wildman–Crippen LogP) is 3.58. The zero-order valence-electron chi connectivity index (χ0n) is 23.5. The lowest BCUT2D eigenvalue weighted by Crippen LogP contribution is -2.51. The Morgan fingerprint density at radius 3 is 2.40 bits per heavy atom. The molecule has 222 valence electrons. The average Bonchev–Trinajstić information content (AvgIpc) is 3.88. The molecule has 0 radical (unpaired) electrons. The SMILES string of the molecule is CC1(C(=O)N2CCC(O)(Cn3cnc4c(cc(Cl)n4-c4ccc(C5COCC6(CC6)N5C(=O)O)cc4)c3=O)CC2)CC1. The van der Waals surface area contributed by atoms with E-state index in [9.17, 15) is 24.6 Å². The molecule has 1 atom stereocenters. The second-order valence-corrected chi connectivity index (χ2v) is 13.2. The molecule has 4 fully saturated rings. The highest BCUT2D eigenvalue weighted by Gasteiger charge is 2.56. The summed E-state index contributed by atoms with van der Waals surface area (Å²) in [6.07, 6.45) is 4.71. The normalized spacial score (nSPS) is 23.7. The summed E-state index contributed by atoms with van der Waals surface area (Å²) in [4.78, 5) is 46.2. The summed E-state index contributed by atoms with van der Waals surface area (Å²) in [7, 11) is 0. The smallest absolute Gasteiger partial charge is 0.408 e. The van der Waals surface area contributed by atoms with Crippen LogP contribution in [0.1, 0.15) is 57.1 Å². The monoisotopic (exact) mass is 595 g/mol. The van der Waals surface area contributed by atoms with Crippen LogP contribution in [0.5, 0.6) is 0 Å². The zero-order valence-corrected chi connectivity index (χ0v) is 24.2. The van der Waals surface area contributed by atoms with E-state index >= 15 is 0 Å². The molecule has 3 aromatic rings. The van der Waals surface area contributed by atoms with Crippen molar-refractivity contribution in [3.8, 4) is 5.69 Å².